The summed E-state index contributed by atoms with van der Waals surface area (Å²) in [5.41, 5.74) is 4.03. The lowest BCUT2D eigenvalue weighted by atomic mass is 10.0. The lowest BCUT2D eigenvalue weighted by Gasteiger charge is -2.14. The molecule has 1 N–H and O–H groups in total. The maximum Gasteiger partial charge on any atom is 0.136 e. The second kappa shape index (κ2) is 6.66. The number of aryl methyl sites for hydroxylation is 3. The van der Waals surface area contributed by atoms with Crippen molar-refractivity contribution in [2.75, 3.05) is 5.32 Å². The van der Waals surface area contributed by atoms with Gasteiger partial charge in [0.25, 0.3) is 0 Å². The van der Waals surface area contributed by atoms with Crippen LogP contribution in [0.15, 0.2) is 18.2 Å². The number of nitrogens with zero attached hydrogens (tertiary/aromatic N) is 2. The molecule has 0 saturated carbocycles. The van der Waals surface area contributed by atoms with E-state index in [0.29, 0.717) is 0 Å². The third kappa shape index (κ3) is 3.32. The molecule has 4 heteroatoms. The van der Waals surface area contributed by atoms with Crippen molar-refractivity contribution in [1.29, 1.82) is 0 Å². The quantitative estimate of drug-likeness (QED) is 0.870. The van der Waals surface area contributed by atoms with Crippen LogP contribution < -0.4 is 5.32 Å². The Morgan fingerprint density at radius 1 is 0.947 bits per heavy atom. The van der Waals surface area contributed by atoms with E-state index >= 15 is 0 Å². The predicted molar refractivity (Wildman–Crippen MR) is 81.8 cm³/mol. The minimum Gasteiger partial charge on any atom is -0.378 e. The fraction of sp³-hybridized carbons (Fsp3) is 0.467. The fourth-order valence-electron chi connectivity index (χ4n) is 2.14. The molecule has 0 aliphatic rings. The molecule has 1 aromatic carbocycles. The SMILES string of the molecule is CCc1nnc(CNc2c(CC)cccc2CC)s1. The zero-order valence-corrected chi connectivity index (χ0v) is 12.7. The highest BCUT2D eigenvalue weighted by Gasteiger charge is 2.07. The van der Waals surface area contributed by atoms with Gasteiger partial charge in [0, 0.05) is 5.69 Å². The number of benzene rings is 1. The van der Waals surface area contributed by atoms with E-state index in [1.165, 1.54) is 16.8 Å². The van der Waals surface area contributed by atoms with Gasteiger partial charge in [-0.1, -0.05) is 50.3 Å². The van der Waals surface area contributed by atoms with Crippen LogP contribution in [0.5, 0.6) is 0 Å². The zero-order chi connectivity index (χ0) is 13.7. The molecule has 0 fully saturated rings. The Kier molecular flexibility index (Phi) is 4.91. The maximum absolute atomic E-state index is 4.22. The van der Waals surface area contributed by atoms with E-state index in [-0.39, 0.29) is 0 Å². The smallest absolute Gasteiger partial charge is 0.136 e. The van der Waals surface area contributed by atoms with Crippen LogP contribution in [-0.2, 0) is 25.8 Å². The Bertz CT molecular complexity index is 512. The summed E-state index contributed by atoms with van der Waals surface area (Å²) in [7, 11) is 0. The van der Waals surface area contributed by atoms with Crippen LogP contribution >= 0.6 is 11.3 Å². The molecule has 0 saturated heterocycles. The minimum atomic E-state index is 0.766. The number of nitrogens with one attached hydrogen (secondary N) is 1. The van der Waals surface area contributed by atoms with Gasteiger partial charge in [-0.05, 0) is 30.4 Å². The first-order valence-electron chi connectivity index (χ1n) is 6.94. The van der Waals surface area contributed by atoms with Gasteiger partial charge in [0.05, 0.1) is 6.54 Å². The van der Waals surface area contributed by atoms with Crippen molar-refractivity contribution in [3.8, 4) is 0 Å². The van der Waals surface area contributed by atoms with Gasteiger partial charge < -0.3 is 5.32 Å². The molecule has 3 nitrogen and oxygen atoms in total. The number of anilines is 1. The molecule has 0 atom stereocenters. The molecular formula is C15H21N3S. The molecule has 0 spiro atoms. The molecule has 0 bridgehead atoms. The zero-order valence-electron chi connectivity index (χ0n) is 11.9. The van der Waals surface area contributed by atoms with Crippen LogP contribution in [0.3, 0.4) is 0 Å². The minimum absolute atomic E-state index is 0.766. The molecule has 2 rings (SSSR count). The summed E-state index contributed by atoms with van der Waals surface area (Å²) in [6.45, 7) is 7.27. The van der Waals surface area contributed by atoms with E-state index in [4.69, 9.17) is 0 Å². The van der Waals surface area contributed by atoms with Crippen LogP contribution in [0, 0.1) is 0 Å². The second-order valence-corrected chi connectivity index (χ2v) is 5.60. The average Bonchev–Trinajstić information content (AvgIpc) is 2.92. The maximum atomic E-state index is 4.22. The van der Waals surface area contributed by atoms with E-state index < -0.39 is 0 Å². The molecule has 0 amide bonds. The summed E-state index contributed by atoms with van der Waals surface area (Å²) in [6.07, 6.45) is 3.06. The van der Waals surface area contributed by atoms with Gasteiger partial charge in [-0.2, -0.15) is 0 Å². The van der Waals surface area contributed by atoms with Gasteiger partial charge in [-0.25, -0.2) is 0 Å². The predicted octanol–water partition coefficient (Wildman–Crippen LogP) is 3.84. The molecule has 0 unspecified atom stereocenters. The van der Waals surface area contributed by atoms with Crippen molar-refractivity contribution >= 4 is 17.0 Å². The number of hydrogen-bond acceptors (Lipinski definition) is 4. The first-order chi connectivity index (χ1) is 9.28. The Morgan fingerprint density at radius 2 is 1.58 bits per heavy atom. The van der Waals surface area contributed by atoms with Crippen molar-refractivity contribution in [2.45, 2.75) is 46.6 Å². The Hall–Kier alpha value is -1.42. The van der Waals surface area contributed by atoms with Crippen molar-refractivity contribution in [2.24, 2.45) is 0 Å². The number of aromatic nitrogens is 2. The summed E-state index contributed by atoms with van der Waals surface area (Å²) in [5, 5.41) is 14.1. The molecule has 0 aliphatic carbocycles. The van der Waals surface area contributed by atoms with E-state index in [1.54, 1.807) is 11.3 Å². The highest BCUT2D eigenvalue weighted by Crippen LogP contribution is 2.23. The van der Waals surface area contributed by atoms with Crippen molar-refractivity contribution in [3.63, 3.8) is 0 Å². The first kappa shape index (κ1) is 14.0. The summed E-state index contributed by atoms with van der Waals surface area (Å²) < 4.78 is 0. The lowest BCUT2D eigenvalue weighted by molar-refractivity contribution is 0.935. The van der Waals surface area contributed by atoms with Crippen LogP contribution in [-0.4, -0.2) is 10.2 Å². The van der Waals surface area contributed by atoms with Crippen LogP contribution in [0.1, 0.15) is 41.9 Å². The second-order valence-electron chi connectivity index (χ2n) is 4.46. The van der Waals surface area contributed by atoms with Crippen molar-refractivity contribution in [3.05, 3.63) is 39.3 Å². The topological polar surface area (TPSA) is 37.8 Å². The standard InChI is InChI=1S/C15H21N3S/c1-4-11-8-7-9-12(5-2)15(11)16-10-14-18-17-13(6-3)19-14/h7-9,16H,4-6,10H2,1-3H3. The molecule has 2 aromatic rings. The summed E-state index contributed by atoms with van der Waals surface area (Å²) in [6, 6.07) is 6.53. The molecule has 102 valence electrons. The third-order valence-corrected chi connectivity index (χ3v) is 4.29. The Morgan fingerprint density at radius 3 is 2.11 bits per heavy atom. The molecule has 1 aromatic heterocycles. The van der Waals surface area contributed by atoms with Crippen molar-refractivity contribution < 1.29 is 0 Å². The van der Waals surface area contributed by atoms with Crippen molar-refractivity contribution in [1.82, 2.24) is 10.2 Å². The highest BCUT2D eigenvalue weighted by molar-refractivity contribution is 7.11. The van der Waals surface area contributed by atoms with Crippen LogP contribution in [0.4, 0.5) is 5.69 Å². The van der Waals surface area contributed by atoms with Gasteiger partial charge in [-0.3, -0.25) is 0 Å². The molecule has 0 aliphatic heterocycles. The van der Waals surface area contributed by atoms with E-state index in [9.17, 15) is 0 Å². The monoisotopic (exact) mass is 275 g/mol. The van der Waals surface area contributed by atoms with E-state index in [0.717, 1.165) is 35.8 Å². The molecule has 19 heavy (non-hydrogen) atoms. The first-order valence-corrected chi connectivity index (χ1v) is 7.76. The average molecular weight is 275 g/mol. The molecule has 0 radical (unpaired) electrons. The summed E-state index contributed by atoms with van der Waals surface area (Å²) in [4.78, 5) is 0. The highest BCUT2D eigenvalue weighted by atomic mass is 32.1. The summed E-state index contributed by atoms with van der Waals surface area (Å²) >= 11 is 1.69. The van der Waals surface area contributed by atoms with Gasteiger partial charge in [0.1, 0.15) is 10.0 Å². The summed E-state index contributed by atoms with van der Waals surface area (Å²) in [5.74, 6) is 0. The number of rotatable bonds is 6. The van der Waals surface area contributed by atoms with Crippen LogP contribution in [0.25, 0.3) is 0 Å². The third-order valence-electron chi connectivity index (χ3n) is 3.23. The normalized spacial score (nSPS) is 10.7. The van der Waals surface area contributed by atoms with Gasteiger partial charge >= 0.3 is 0 Å². The van der Waals surface area contributed by atoms with E-state index in [1.807, 2.05) is 0 Å². The molecule has 1 heterocycles. The van der Waals surface area contributed by atoms with Gasteiger partial charge in [-0.15, -0.1) is 10.2 Å². The Labute approximate surface area is 119 Å². The Balaban J connectivity index is 2.13. The lowest BCUT2D eigenvalue weighted by Crippen LogP contribution is -2.05. The van der Waals surface area contributed by atoms with Crippen LogP contribution in [0.2, 0.25) is 0 Å². The van der Waals surface area contributed by atoms with Gasteiger partial charge in [0.15, 0.2) is 0 Å². The molecular weight excluding hydrogens is 254 g/mol. The van der Waals surface area contributed by atoms with E-state index in [2.05, 4.69) is 54.5 Å². The largest absolute Gasteiger partial charge is 0.378 e. The fourth-order valence-corrected chi connectivity index (χ4v) is 2.86. The number of para-hydroxylation sites is 1. The number of hydrogen-bond donors (Lipinski definition) is 1. The van der Waals surface area contributed by atoms with Gasteiger partial charge in [0.2, 0.25) is 0 Å².